The number of anilines is 1. The molecule has 0 spiro atoms. The van der Waals surface area contributed by atoms with E-state index in [2.05, 4.69) is 136 Å². The zero-order valence-electron chi connectivity index (χ0n) is 28.4. The van der Waals surface area contributed by atoms with Gasteiger partial charge in [0.05, 0.1) is 30.1 Å². The first-order valence-electron chi connectivity index (χ1n) is 16.1. The van der Waals surface area contributed by atoms with Crippen molar-refractivity contribution < 1.29 is 4.74 Å². The first-order valence-corrected chi connectivity index (χ1v) is 16.1. The van der Waals surface area contributed by atoms with Gasteiger partial charge in [-0.2, -0.15) is 0 Å². The third-order valence-electron chi connectivity index (χ3n) is 7.57. The lowest BCUT2D eigenvalue weighted by Gasteiger charge is -2.41. The molecule has 1 unspecified atom stereocenters. The summed E-state index contributed by atoms with van der Waals surface area (Å²) in [4.78, 5) is 12.4. The molecule has 0 aromatic heterocycles. The van der Waals surface area contributed by atoms with Crippen LogP contribution in [0.25, 0.3) is 0 Å². The Balaban J connectivity index is 0.000000377. The van der Waals surface area contributed by atoms with E-state index in [4.69, 9.17) is 9.73 Å². The molecular weight excluding hydrogens is 540 g/mol. The largest absolute Gasteiger partial charge is 0.489 e. The summed E-state index contributed by atoms with van der Waals surface area (Å²) in [5.41, 5.74) is 6.15. The molecule has 2 aliphatic rings. The number of fused-ring (bicyclic) bond motifs is 1. The van der Waals surface area contributed by atoms with Gasteiger partial charge in [-0.3, -0.25) is 4.90 Å². The number of likely N-dealkylation sites (N-methyl/N-ethyl adjacent to an activating group) is 1. The minimum Gasteiger partial charge on any atom is -0.489 e. The molecule has 238 valence electrons. The van der Waals surface area contributed by atoms with Crippen molar-refractivity contribution in [3.8, 4) is 5.75 Å². The molecule has 1 saturated heterocycles. The molecule has 2 heterocycles. The van der Waals surface area contributed by atoms with E-state index >= 15 is 0 Å². The summed E-state index contributed by atoms with van der Waals surface area (Å²) in [6.45, 7) is 27.4. The fraction of sp³-hybridized carbons (Fsp3) is 0.410. The highest BCUT2D eigenvalue weighted by Gasteiger charge is 2.31. The van der Waals surface area contributed by atoms with Crippen molar-refractivity contribution >= 4 is 17.2 Å². The van der Waals surface area contributed by atoms with Crippen molar-refractivity contribution in [1.82, 2.24) is 9.80 Å². The maximum atomic E-state index is 6.16. The van der Waals surface area contributed by atoms with Gasteiger partial charge in [0.25, 0.3) is 0 Å². The molecule has 0 N–H and O–H groups in total. The number of hydrogen-bond acceptors (Lipinski definition) is 5. The van der Waals surface area contributed by atoms with E-state index in [1.807, 2.05) is 26.0 Å². The number of amidine groups is 1. The zero-order chi connectivity index (χ0) is 32.5. The molecule has 0 bridgehead atoms. The van der Waals surface area contributed by atoms with Crippen molar-refractivity contribution in [2.75, 3.05) is 38.1 Å². The van der Waals surface area contributed by atoms with Crippen LogP contribution in [0.3, 0.4) is 0 Å². The van der Waals surface area contributed by atoms with E-state index in [1.54, 1.807) is 0 Å². The highest BCUT2D eigenvalue weighted by Crippen LogP contribution is 2.36. The van der Waals surface area contributed by atoms with Crippen molar-refractivity contribution in [2.45, 2.75) is 73.1 Å². The molecule has 0 radical (unpaired) electrons. The monoisotopic (exact) mass is 596 g/mol. The molecule has 3 aromatic carbocycles. The van der Waals surface area contributed by atoms with Crippen molar-refractivity contribution in [3.05, 3.63) is 115 Å². The van der Waals surface area contributed by atoms with E-state index in [9.17, 15) is 0 Å². The van der Waals surface area contributed by atoms with Gasteiger partial charge in [-0.1, -0.05) is 80.1 Å². The van der Waals surface area contributed by atoms with Gasteiger partial charge in [0.1, 0.15) is 11.6 Å². The molecule has 5 heteroatoms. The van der Waals surface area contributed by atoms with Crippen LogP contribution in [0.4, 0.5) is 11.4 Å². The number of para-hydroxylation sites is 3. The lowest BCUT2D eigenvalue weighted by atomic mass is 10.1. The Morgan fingerprint density at radius 1 is 0.864 bits per heavy atom. The van der Waals surface area contributed by atoms with Gasteiger partial charge in [0.15, 0.2) is 0 Å². The summed E-state index contributed by atoms with van der Waals surface area (Å²) < 4.78 is 6.16. The second kappa shape index (κ2) is 19.6. The van der Waals surface area contributed by atoms with Crippen molar-refractivity contribution in [3.63, 3.8) is 0 Å². The van der Waals surface area contributed by atoms with E-state index in [1.165, 1.54) is 16.7 Å². The van der Waals surface area contributed by atoms with Crippen LogP contribution in [0.1, 0.15) is 57.7 Å². The summed E-state index contributed by atoms with van der Waals surface area (Å²) >= 11 is 0. The van der Waals surface area contributed by atoms with Crippen LogP contribution in [0.2, 0.25) is 0 Å². The number of benzene rings is 3. The standard InChI is InChI=1S/C24H32N4O.C11H14.C2H6.C2H4/c1-18(2)29-23-12-8-7-11-22(23)28-17-20-9-5-6-10-21(20)25-24(28)19(3)27-15-13-26(4)14-16-27;1-3-4-5-11-8-6-10(2)7-9-11;2*1-2/h5-12,18-19H,13-17H2,1-4H3;3,6-9H,1,4-5H2,2H3;1-2H3;1-2H2. The fourth-order valence-corrected chi connectivity index (χ4v) is 5.15. The van der Waals surface area contributed by atoms with Gasteiger partial charge in [-0.15, -0.1) is 19.7 Å². The maximum absolute atomic E-state index is 6.16. The summed E-state index contributed by atoms with van der Waals surface area (Å²) in [5.74, 6) is 2.02. The van der Waals surface area contributed by atoms with Crippen LogP contribution in [0.15, 0.2) is 104 Å². The topological polar surface area (TPSA) is 31.3 Å². The van der Waals surface area contributed by atoms with Gasteiger partial charge in [0.2, 0.25) is 0 Å². The number of nitrogens with zero attached hydrogens (tertiary/aromatic N) is 4. The van der Waals surface area contributed by atoms with E-state index < -0.39 is 0 Å². The molecule has 0 aliphatic carbocycles. The molecule has 5 rings (SSSR count). The molecule has 44 heavy (non-hydrogen) atoms. The van der Waals surface area contributed by atoms with Crippen LogP contribution in [-0.2, 0) is 13.0 Å². The van der Waals surface area contributed by atoms with Crippen LogP contribution in [0.5, 0.6) is 5.75 Å². The normalized spacial score (nSPS) is 15.2. The highest BCUT2D eigenvalue weighted by atomic mass is 16.5. The Morgan fingerprint density at radius 3 is 2.11 bits per heavy atom. The second-order valence-electron chi connectivity index (χ2n) is 11.1. The van der Waals surface area contributed by atoms with Crippen molar-refractivity contribution in [2.24, 2.45) is 4.99 Å². The maximum Gasteiger partial charge on any atom is 0.143 e. The molecule has 1 fully saturated rings. The van der Waals surface area contributed by atoms with Gasteiger partial charge in [-0.25, -0.2) is 4.99 Å². The zero-order valence-corrected chi connectivity index (χ0v) is 28.4. The number of aryl methyl sites for hydroxylation is 2. The average Bonchev–Trinajstić information content (AvgIpc) is 3.06. The molecule has 3 aromatic rings. The lowest BCUT2D eigenvalue weighted by Crippen LogP contribution is -2.54. The third kappa shape index (κ3) is 10.8. The smallest absolute Gasteiger partial charge is 0.143 e. The average molecular weight is 597 g/mol. The summed E-state index contributed by atoms with van der Waals surface area (Å²) in [6, 6.07) is 25.7. The fourth-order valence-electron chi connectivity index (χ4n) is 5.15. The number of aliphatic imine (C=N–C) groups is 1. The van der Waals surface area contributed by atoms with Gasteiger partial charge >= 0.3 is 0 Å². The summed E-state index contributed by atoms with van der Waals surface area (Å²) in [7, 11) is 2.20. The van der Waals surface area contributed by atoms with E-state index in [-0.39, 0.29) is 12.1 Å². The van der Waals surface area contributed by atoms with E-state index in [0.29, 0.717) is 0 Å². The number of allylic oxidation sites excluding steroid dienone is 1. The Labute approximate surface area is 268 Å². The molecule has 5 nitrogen and oxygen atoms in total. The minimum absolute atomic E-state index is 0.128. The van der Waals surface area contributed by atoms with Crippen molar-refractivity contribution in [1.29, 1.82) is 0 Å². The number of piperazine rings is 1. The van der Waals surface area contributed by atoms with Crippen LogP contribution >= 0.6 is 0 Å². The molecule has 2 aliphatic heterocycles. The number of hydrogen-bond donors (Lipinski definition) is 0. The Hall–Kier alpha value is -3.67. The lowest BCUT2D eigenvalue weighted by molar-refractivity contribution is 0.142. The molecular formula is C39H56N4O. The predicted molar refractivity (Wildman–Crippen MR) is 193 cm³/mol. The SMILES string of the molecule is C=C.C=CCCc1ccc(C)cc1.CC.CC(C)Oc1ccccc1N1Cc2ccccc2N=C1C(C)N1CCN(C)CC1. The second-order valence-corrected chi connectivity index (χ2v) is 11.1. The number of rotatable bonds is 8. The van der Waals surface area contributed by atoms with Gasteiger partial charge < -0.3 is 14.5 Å². The molecule has 0 saturated carbocycles. The van der Waals surface area contributed by atoms with Gasteiger partial charge in [0, 0.05) is 26.2 Å². The molecule has 1 atom stereocenters. The Bertz CT molecular complexity index is 1280. The Kier molecular flexibility index (Phi) is 16.2. The van der Waals surface area contributed by atoms with E-state index in [0.717, 1.165) is 68.5 Å². The van der Waals surface area contributed by atoms with Crippen LogP contribution in [0, 0.1) is 6.92 Å². The quantitative estimate of drug-likeness (QED) is 0.243. The minimum atomic E-state index is 0.128. The molecule has 0 amide bonds. The van der Waals surface area contributed by atoms with Gasteiger partial charge in [-0.05, 0) is 76.9 Å². The van der Waals surface area contributed by atoms with Crippen LogP contribution < -0.4 is 9.64 Å². The van der Waals surface area contributed by atoms with Crippen LogP contribution in [-0.4, -0.2) is 61.0 Å². The number of ether oxygens (including phenoxy) is 1. The first-order chi connectivity index (χ1) is 21.4. The Morgan fingerprint density at radius 2 is 1.48 bits per heavy atom. The first kappa shape index (κ1) is 36.5. The third-order valence-corrected chi connectivity index (χ3v) is 7.57. The predicted octanol–water partition coefficient (Wildman–Crippen LogP) is 9.10. The highest BCUT2D eigenvalue weighted by molar-refractivity contribution is 6.05. The summed E-state index contributed by atoms with van der Waals surface area (Å²) in [5, 5.41) is 0. The summed E-state index contributed by atoms with van der Waals surface area (Å²) in [6.07, 6.45) is 4.27.